The third kappa shape index (κ3) is 4.89. The highest BCUT2D eigenvalue weighted by Crippen LogP contribution is 2.35. The molecule has 1 fully saturated rings. The number of hydrogen-bond acceptors (Lipinski definition) is 6. The lowest BCUT2D eigenvalue weighted by atomic mass is 9.78. The van der Waals surface area contributed by atoms with Gasteiger partial charge in [-0.1, -0.05) is 42.8 Å². The Morgan fingerprint density at radius 3 is 2.74 bits per heavy atom. The van der Waals surface area contributed by atoms with Crippen LogP contribution >= 0.6 is 23.1 Å². The lowest BCUT2D eigenvalue weighted by Gasteiger charge is -2.27. The zero-order chi connectivity index (χ0) is 21.8. The Bertz CT molecular complexity index is 1170. The molecule has 1 aromatic heterocycles. The van der Waals surface area contributed by atoms with Gasteiger partial charge in [0.2, 0.25) is 5.91 Å². The van der Waals surface area contributed by atoms with Crippen LogP contribution in [0, 0.1) is 23.2 Å². The van der Waals surface area contributed by atoms with Gasteiger partial charge in [-0.15, -0.1) is 11.3 Å². The second kappa shape index (κ2) is 9.50. The summed E-state index contributed by atoms with van der Waals surface area (Å²) in [5.74, 6) is -1.56. The minimum absolute atomic E-state index is 0.223. The van der Waals surface area contributed by atoms with Crippen molar-refractivity contribution in [2.45, 2.75) is 35.8 Å². The van der Waals surface area contributed by atoms with E-state index >= 15 is 0 Å². The van der Waals surface area contributed by atoms with Crippen molar-refractivity contribution in [3.63, 3.8) is 0 Å². The standard InChI is InChI=1S/C23H21N3O3S2/c24-12-14-5-1-2-6-15(14)13-30-23-26-19-10-9-16(11-20(19)31-23)25-21(27)17-7-3-4-8-18(17)22(28)29/h1-2,5-6,9-11,17-18H,3-4,7-8,13H2,(H,25,27)(H,28,29)/t17-,18+/m0/s1. The molecule has 1 heterocycles. The zero-order valence-electron chi connectivity index (χ0n) is 16.7. The number of thiazole rings is 1. The molecule has 0 saturated heterocycles. The number of carboxylic acids is 1. The molecule has 0 aliphatic heterocycles. The number of carbonyl (C=O) groups excluding carboxylic acids is 1. The predicted molar refractivity (Wildman–Crippen MR) is 122 cm³/mol. The molecule has 1 aliphatic carbocycles. The van der Waals surface area contributed by atoms with E-state index in [0.29, 0.717) is 29.8 Å². The van der Waals surface area contributed by atoms with Crippen molar-refractivity contribution in [3.8, 4) is 6.07 Å². The first-order chi connectivity index (χ1) is 15.0. The van der Waals surface area contributed by atoms with E-state index in [4.69, 9.17) is 0 Å². The molecule has 3 aromatic rings. The van der Waals surface area contributed by atoms with Crippen molar-refractivity contribution in [2.75, 3.05) is 5.32 Å². The lowest BCUT2D eigenvalue weighted by Crippen LogP contribution is -2.36. The van der Waals surface area contributed by atoms with Crippen molar-refractivity contribution in [3.05, 3.63) is 53.6 Å². The molecule has 1 amide bonds. The van der Waals surface area contributed by atoms with Crippen LogP contribution in [0.2, 0.25) is 0 Å². The number of carboxylic acid groups (broad SMARTS) is 1. The first kappa shape index (κ1) is 21.3. The van der Waals surface area contributed by atoms with Gasteiger partial charge in [0.25, 0.3) is 0 Å². The third-order valence-electron chi connectivity index (χ3n) is 5.55. The zero-order valence-corrected chi connectivity index (χ0v) is 18.3. The Morgan fingerprint density at radius 1 is 1.19 bits per heavy atom. The molecule has 0 radical (unpaired) electrons. The van der Waals surface area contributed by atoms with E-state index in [0.717, 1.165) is 33.0 Å². The smallest absolute Gasteiger partial charge is 0.307 e. The molecule has 6 nitrogen and oxygen atoms in total. The van der Waals surface area contributed by atoms with Gasteiger partial charge in [0.15, 0.2) is 4.34 Å². The summed E-state index contributed by atoms with van der Waals surface area (Å²) in [7, 11) is 0. The molecule has 8 heteroatoms. The van der Waals surface area contributed by atoms with Gasteiger partial charge in [-0.3, -0.25) is 9.59 Å². The molecule has 0 bridgehead atoms. The fraction of sp³-hybridized carbons (Fsp3) is 0.304. The van der Waals surface area contributed by atoms with Gasteiger partial charge < -0.3 is 10.4 Å². The number of hydrogen-bond donors (Lipinski definition) is 2. The summed E-state index contributed by atoms with van der Waals surface area (Å²) in [5, 5.41) is 21.6. The molecule has 2 atom stereocenters. The lowest BCUT2D eigenvalue weighted by molar-refractivity contribution is -0.147. The molecule has 1 saturated carbocycles. The molecule has 1 aliphatic rings. The summed E-state index contributed by atoms with van der Waals surface area (Å²) in [5.41, 5.74) is 3.15. The molecule has 2 aromatic carbocycles. The molecule has 31 heavy (non-hydrogen) atoms. The molecular formula is C23H21N3O3S2. The number of aliphatic carboxylic acids is 1. The van der Waals surface area contributed by atoms with Crippen molar-refractivity contribution in [1.82, 2.24) is 4.98 Å². The summed E-state index contributed by atoms with van der Waals surface area (Å²) >= 11 is 3.11. The summed E-state index contributed by atoms with van der Waals surface area (Å²) in [6.45, 7) is 0. The van der Waals surface area contributed by atoms with Crippen LogP contribution in [-0.2, 0) is 15.3 Å². The van der Waals surface area contributed by atoms with Crippen molar-refractivity contribution < 1.29 is 14.7 Å². The normalized spacial score (nSPS) is 18.4. The van der Waals surface area contributed by atoms with Gasteiger partial charge >= 0.3 is 5.97 Å². The van der Waals surface area contributed by atoms with Crippen molar-refractivity contribution in [1.29, 1.82) is 5.26 Å². The number of anilines is 1. The van der Waals surface area contributed by atoms with E-state index in [1.54, 1.807) is 17.8 Å². The van der Waals surface area contributed by atoms with Crippen LogP contribution < -0.4 is 5.32 Å². The van der Waals surface area contributed by atoms with Gasteiger partial charge in [0.1, 0.15) is 0 Å². The first-order valence-corrected chi connectivity index (χ1v) is 11.9. The minimum atomic E-state index is -0.891. The van der Waals surface area contributed by atoms with Crippen LogP contribution in [0.5, 0.6) is 0 Å². The highest BCUT2D eigenvalue weighted by atomic mass is 32.2. The molecular weight excluding hydrogens is 430 g/mol. The Hall–Kier alpha value is -2.89. The maximum atomic E-state index is 12.7. The highest BCUT2D eigenvalue weighted by Gasteiger charge is 2.35. The Morgan fingerprint density at radius 2 is 1.97 bits per heavy atom. The van der Waals surface area contributed by atoms with Gasteiger partial charge in [0.05, 0.1) is 33.7 Å². The number of carbonyl (C=O) groups is 2. The number of benzene rings is 2. The number of rotatable bonds is 6. The van der Waals surface area contributed by atoms with Crippen molar-refractivity contribution >= 4 is 50.9 Å². The van der Waals surface area contributed by atoms with Gasteiger partial charge in [-0.25, -0.2) is 4.98 Å². The van der Waals surface area contributed by atoms with Gasteiger partial charge in [-0.05, 0) is 42.7 Å². The number of nitriles is 1. The number of aromatic nitrogens is 1. The third-order valence-corrected chi connectivity index (χ3v) is 7.76. The number of amides is 1. The van der Waals surface area contributed by atoms with E-state index in [1.165, 1.54) is 11.3 Å². The van der Waals surface area contributed by atoms with E-state index in [2.05, 4.69) is 16.4 Å². The van der Waals surface area contributed by atoms with E-state index in [1.807, 2.05) is 36.4 Å². The fourth-order valence-corrected chi connectivity index (χ4v) is 6.02. The van der Waals surface area contributed by atoms with Crippen LogP contribution in [0.15, 0.2) is 46.8 Å². The largest absolute Gasteiger partial charge is 0.481 e. The van der Waals surface area contributed by atoms with Crippen LogP contribution in [0.4, 0.5) is 5.69 Å². The van der Waals surface area contributed by atoms with Crippen LogP contribution in [0.3, 0.4) is 0 Å². The monoisotopic (exact) mass is 451 g/mol. The number of nitrogens with zero attached hydrogens (tertiary/aromatic N) is 2. The molecule has 158 valence electrons. The maximum absolute atomic E-state index is 12.7. The Balaban J connectivity index is 1.45. The van der Waals surface area contributed by atoms with Crippen LogP contribution in [0.25, 0.3) is 10.2 Å². The molecule has 2 N–H and O–H groups in total. The first-order valence-electron chi connectivity index (χ1n) is 10.1. The molecule has 0 spiro atoms. The Kier molecular flexibility index (Phi) is 6.54. The van der Waals surface area contributed by atoms with E-state index in [9.17, 15) is 20.0 Å². The van der Waals surface area contributed by atoms with Gasteiger partial charge in [-0.2, -0.15) is 5.26 Å². The van der Waals surface area contributed by atoms with Crippen LogP contribution in [0.1, 0.15) is 36.8 Å². The number of thioether (sulfide) groups is 1. The summed E-state index contributed by atoms with van der Waals surface area (Å²) in [4.78, 5) is 28.9. The van der Waals surface area contributed by atoms with Crippen LogP contribution in [-0.4, -0.2) is 22.0 Å². The Labute approximate surface area is 188 Å². The summed E-state index contributed by atoms with van der Waals surface area (Å²) in [6.07, 6.45) is 2.89. The predicted octanol–water partition coefficient (Wildman–Crippen LogP) is 5.29. The summed E-state index contributed by atoms with van der Waals surface area (Å²) < 4.78 is 1.84. The van der Waals surface area contributed by atoms with Crippen molar-refractivity contribution in [2.24, 2.45) is 11.8 Å². The quantitative estimate of drug-likeness (QED) is 0.494. The second-order valence-electron chi connectivity index (χ2n) is 7.54. The maximum Gasteiger partial charge on any atom is 0.307 e. The number of nitrogens with one attached hydrogen (secondary N) is 1. The minimum Gasteiger partial charge on any atom is -0.481 e. The fourth-order valence-electron chi connectivity index (χ4n) is 3.91. The number of fused-ring (bicyclic) bond motifs is 1. The second-order valence-corrected chi connectivity index (χ2v) is 9.80. The topological polar surface area (TPSA) is 103 Å². The summed E-state index contributed by atoms with van der Waals surface area (Å²) in [6, 6.07) is 15.3. The molecule has 0 unspecified atom stereocenters. The van der Waals surface area contributed by atoms with E-state index < -0.39 is 17.8 Å². The molecule has 4 rings (SSSR count). The van der Waals surface area contributed by atoms with Gasteiger partial charge in [0, 0.05) is 11.4 Å². The average molecular weight is 452 g/mol. The average Bonchev–Trinajstić information content (AvgIpc) is 3.20. The highest BCUT2D eigenvalue weighted by molar-refractivity contribution is 8.00. The SMILES string of the molecule is N#Cc1ccccc1CSc1nc2ccc(NC(=O)[C@H]3CCCC[C@H]3C(=O)O)cc2s1. The van der Waals surface area contributed by atoms with E-state index in [-0.39, 0.29) is 5.91 Å².